The van der Waals surface area contributed by atoms with Crippen molar-refractivity contribution < 1.29 is 14.7 Å². The standard InChI is InChI=1S/C24H25ClN6O3/c25-21-12-16(1-7-27-21)20-11-17-13-26-6-2-19(17)22(29-20)30-8-3-15(4-9-30)23(32)28-18-5-10-31(14-18)24(33)34/h1-2,6-7,11-13,15,18H,3-5,8-10,14H2,(H,28,32)(H,33,34)/t18-/m0/s1. The first-order valence-corrected chi connectivity index (χ1v) is 11.8. The number of fused-ring (bicyclic) bond motifs is 1. The molecule has 2 aliphatic heterocycles. The highest BCUT2D eigenvalue weighted by atomic mass is 35.5. The third-order valence-electron chi connectivity index (χ3n) is 6.60. The number of rotatable bonds is 4. The molecule has 0 unspecified atom stereocenters. The van der Waals surface area contributed by atoms with Crippen molar-refractivity contribution in [3.63, 3.8) is 0 Å². The molecule has 0 bridgehead atoms. The van der Waals surface area contributed by atoms with Crippen molar-refractivity contribution in [2.75, 3.05) is 31.1 Å². The molecule has 2 saturated heterocycles. The highest BCUT2D eigenvalue weighted by Crippen LogP contribution is 2.32. The molecule has 0 aliphatic carbocycles. The quantitative estimate of drug-likeness (QED) is 0.550. The van der Waals surface area contributed by atoms with Crippen LogP contribution in [0.3, 0.4) is 0 Å². The van der Waals surface area contributed by atoms with E-state index in [9.17, 15) is 9.59 Å². The summed E-state index contributed by atoms with van der Waals surface area (Å²) >= 11 is 6.10. The largest absolute Gasteiger partial charge is 0.465 e. The Morgan fingerprint density at radius 1 is 1.09 bits per heavy atom. The van der Waals surface area contributed by atoms with Crippen LogP contribution in [0, 0.1) is 5.92 Å². The third kappa shape index (κ3) is 4.61. The number of anilines is 1. The lowest BCUT2D eigenvalue weighted by Crippen LogP contribution is -2.45. The van der Waals surface area contributed by atoms with Crippen molar-refractivity contribution in [3.8, 4) is 11.3 Å². The van der Waals surface area contributed by atoms with Gasteiger partial charge in [-0.15, -0.1) is 0 Å². The third-order valence-corrected chi connectivity index (χ3v) is 6.81. The molecular weight excluding hydrogens is 456 g/mol. The molecule has 0 aromatic carbocycles. The summed E-state index contributed by atoms with van der Waals surface area (Å²) in [5.74, 6) is 0.791. The van der Waals surface area contributed by atoms with Gasteiger partial charge in [0.1, 0.15) is 11.0 Å². The van der Waals surface area contributed by atoms with Crippen LogP contribution in [0.2, 0.25) is 5.15 Å². The zero-order chi connectivity index (χ0) is 23.7. The molecule has 0 radical (unpaired) electrons. The van der Waals surface area contributed by atoms with Crippen molar-refractivity contribution in [1.82, 2.24) is 25.2 Å². The van der Waals surface area contributed by atoms with Gasteiger partial charge in [0, 0.05) is 73.1 Å². The van der Waals surface area contributed by atoms with Gasteiger partial charge in [-0.05, 0) is 43.5 Å². The summed E-state index contributed by atoms with van der Waals surface area (Å²) in [6.45, 7) is 2.23. The van der Waals surface area contributed by atoms with Gasteiger partial charge in [-0.2, -0.15) is 0 Å². The van der Waals surface area contributed by atoms with Crippen molar-refractivity contribution in [2.24, 2.45) is 5.92 Å². The van der Waals surface area contributed by atoms with Gasteiger partial charge >= 0.3 is 6.09 Å². The van der Waals surface area contributed by atoms with E-state index < -0.39 is 6.09 Å². The van der Waals surface area contributed by atoms with Crippen LogP contribution in [-0.4, -0.2) is 69.2 Å². The molecule has 2 N–H and O–H groups in total. The van der Waals surface area contributed by atoms with Gasteiger partial charge in [-0.1, -0.05) is 11.6 Å². The maximum Gasteiger partial charge on any atom is 0.407 e. The summed E-state index contributed by atoms with van der Waals surface area (Å²) in [6, 6.07) is 7.53. The number of hydrogen-bond donors (Lipinski definition) is 2. The van der Waals surface area contributed by atoms with Gasteiger partial charge in [0.15, 0.2) is 0 Å². The van der Waals surface area contributed by atoms with Gasteiger partial charge in [-0.25, -0.2) is 14.8 Å². The number of carbonyl (C=O) groups excluding carboxylic acids is 1. The minimum Gasteiger partial charge on any atom is -0.465 e. The molecular formula is C24H25ClN6O3. The fourth-order valence-corrected chi connectivity index (χ4v) is 4.93. The molecule has 2 aliphatic rings. The summed E-state index contributed by atoms with van der Waals surface area (Å²) in [5.41, 5.74) is 1.68. The van der Waals surface area contributed by atoms with E-state index >= 15 is 0 Å². The second-order valence-electron chi connectivity index (χ2n) is 8.78. The van der Waals surface area contributed by atoms with Crippen molar-refractivity contribution in [2.45, 2.75) is 25.3 Å². The maximum atomic E-state index is 12.8. The fraction of sp³-hybridized carbons (Fsp3) is 0.375. The van der Waals surface area contributed by atoms with Crippen LogP contribution in [0.1, 0.15) is 19.3 Å². The number of likely N-dealkylation sites (tertiary alicyclic amines) is 1. The normalized spacial score (nSPS) is 18.9. The predicted molar refractivity (Wildman–Crippen MR) is 129 cm³/mol. The molecule has 0 saturated carbocycles. The molecule has 3 aromatic heterocycles. The van der Waals surface area contributed by atoms with E-state index in [4.69, 9.17) is 21.7 Å². The van der Waals surface area contributed by atoms with E-state index in [1.807, 2.05) is 24.4 Å². The zero-order valence-corrected chi connectivity index (χ0v) is 19.3. The number of piperidine rings is 1. The lowest BCUT2D eigenvalue weighted by atomic mass is 9.95. The van der Waals surface area contributed by atoms with E-state index in [2.05, 4.69) is 20.2 Å². The number of carbonyl (C=O) groups is 2. The number of hydrogen-bond acceptors (Lipinski definition) is 6. The number of halogens is 1. The van der Waals surface area contributed by atoms with Crippen LogP contribution in [0.25, 0.3) is 22.0 Å². The minimum atomic E-state index is -0.934. The average molecular weight is 481 g/mol. The van der Waals surface area contributed by atoms with Gasteiger partial charge in [0.05, 0.1) is 5.69 Å². The molecule has 9 nitrogen and oxygen atoms in total. The smallest absolute Gasteiger partial charge is 0.407 e. The van der Waals surface area contributed by atoms with Crippen LogP contribution in [0.15, 0.2) is 42.9 Å². The Bertz CT molecular complexity index is 1230. The fourth-order valence-electron chi connectivity index (χ4n) is 4.75. The number of nitrogens with one attached hydrogen (secondary N) is 1. The lowest BCUT2D eigenvalue weighted by Gasteiger charge is -2.33. The van der Waals surface area contributed by atoms with Crippen molar-refractivity contribution in [1.29, 1.82) is 0 Å². The van der Waals surface area contributed by atoms with Gasteiger partial charge in [0.25, 0.3) is 0 Å². The second-order valence-corrected chi connectivity index (χ2v) is 9.17. The molecule has 3 aromatic rings. The minimum absolute atomic E-state index is 0.0130. The van der Waals surface area contributed by atoms with E-state index in [0.717, 1.165) is 27.8 Å². The van der Waals surface area contributed by atoms with Crippen LogP contribution in [0.5, 0.6) is 0 Å². The first kappa shape index (κ1) is 22.3. The van der Waals surface area contributed by atoms with Crippen LogP contribution in [0.4, 0.5) is 10.6 Å². The Kier molecular flexibility index (Phi) is 6.19. The highest BCUT2D eigenvalue weighted by molar-refractivity contribution is 6.29. The van der Waals surface area contributed by atoms with Crippen molar-refractivity contribution in [3.05, 3.63) is 48.0 Å². The predicted octanol–water partition coefficient (Wildman–Crippen LogP) is 3.43. The van der Waals surface area contributed by atoms with E-state index in [1.165, 1.54) is 4.90 Å². The summed E-state index contributed by atoms with van der Waals surface area (Å²) in [6.07, 6.45) is 6.40. The number of pyridine rings is 3. The Labute approximate surface area is 201 Å². The summed E-state index contributed by atoms with van der Waals surface area (Å²) in [5, 5.41) is 14.6. The number of carboxylic acid groups (broad SMARTS) is 1. The summed E-state index contributed by atoms with van der Waals surface area (Å²) in [7, 11) is 0. The highest BCUT2D eigenvalue weighted by Gasteiger charge is 2.31. The molecule has 5 heterocycles. The Morgan fingerprint density at radius 2 is 1.91 bits per heavy atom. The zero-order valence-electron chi connectivity index (χ0n) is 18.5. The molecule has 10 heteroatoms. The summed E-state index contributed by atoms with van der Waals surface area (Å²) < 4.78 is 0. The summed E-state index contributed by atoms with van der Waals surface area (Å²) in [4.78, 5) is 40.8. The Hall–Kier alpha value is -3.46. The van der Waals surface area contributed by atoms with Gasteiger partial charge < -0.3 is 20.2 Å². The molecule has 176 valence electrons. The average Bonchev–Trinajstić information content (AvgIpc) is 3.32. The second kappa shape index (κ2) is 9.42. The van der Waals surface area contributed by atoms with Gasteiger partial charge in [0.2, 0.25) is 5.91 Å². The Balaban J connectivity index is 1.31. The number of amides is 2. The molecule has 2 amide bonds. The van der Waals surface area contributed by atoms with Gasteiger partial charge in [-0.3, -0.25) is 9.78 Å². The van der Waals surface area contributed by atoms with Crippen LogP contribution < -0.4 is 10.2 Å². The number of aromatic nitrogens is 3. The van der Waals surface area contributed by atoms with E-state index in [0.29, 0.717) is 50.6 Å². The number of nitrogens with zero attached hydrogens (tertiary/aromatic N) is 5. The van der Waals surface area contributed by atoms with E-state index in [1.54, 1.807) is 18.5 Å². The SMILES string of the molecule is O=C(N[C@H]1CCN(C(=O)O)C1)C1CCN(c2nc(-c3ccnc(Cl)c3)cc3cnccc23)CC1. The molecule has 1 atom stereocenters. The monoisotopic (exact) mass is 480 g/mol. The molecule has 0 spiro atoms. The Morgan fingerprint density at radius 3 is 2.65 bits per heavy atom. The molecule has 2 fully saturated rings. The van der Waals surface area contributed by atoms with Crippen molar-refractivity contribution >= 4 is 40.2 Å². The van der Waals surface area contributed by atoms with E-state index in [-0.39, 0.29) is 17.9 Å². The first-order valence-electron chi connectivity index (χ1n) is 11.4. The van der Waals surface area contributed by atoms with Crippen LogP contribution in [-0.2, 0) is 4.79 Å². The first-order chi connectivity index (χ1) is 16.5. The maximum absolute atomic E-state index is 12.8. The lowest BCUT2D eigenvalue weighted by molar-refractivity contribution is -0.126. The molecule has 5 rings (SSSR count). The van der Waals surface area contributed by atoms with Crippen LogP contribution >= 0.6 is 11.6 Å². The molecule has 34 heavy (non-hydrogen) atoms. The topological polar surface area (TPSA) is 112 Å².